The Labute approximate surface area is 108 Å². The van der Waals surface area contributed by atoms with Crippen molar-refractivity contribution in [1.29, 1.82) is 0 Å². The second-order valence-corrected chi connectivity index (χ2v) is 4.25. The van der Waals surface area contributed by atoms with Crippen molar-refractivity contribution in [3.05, 3.63) is 71.3 Å². The molecule has 0 N–H and O–H groups in total. The van der Waals surface area contributed by atoms with E-state index in [9.17, 15) is 0 Å². The van der Waals surface area contributed by atoms with Gasteiger partial charge in [0.15, 0.2) is 0 Å². The summed E-state index contributed by atoms with van der Waals surface area (Å²) in [7, 11) is 1.58. The summed E-state index contributed by atoms with van der Waals surface area (Å²) >= 11 is 0. The fourth-order valence-electron chi connectivity index (χ4n) is 1.83. The van der Waals surface area contributed by atoms with E-state index in [2.05, 4.69) is 36.3 Å². The number of nitrogens with zero attached hydrogens (tertiary/aromatic N) is 1. The topological polar surface area (TPSA) is 21.6 Å². The van der Waals surface area contributed by atoms with Crippen molar-refractivity contribution in [2.75, 3.05) is 7.11 Å². The average Bonchev–Trinajstić information content (AvgIpc) is 2.42. The van der Waals surface area contributed by atoms with Gasteiger partial charge in [-0.05, 0) is 18.1 Å². The summed E-state index contributed by atoms with van der Waals surface area (Å²) in [6.07, 6.45) is 0.776. The molecule has 0 aromatic heterocycles. The van der Waals surface area contributed by atoms with E-state index >= 15 is 0 Å². The van der Waals surface area contributed by atoms with E-state index < -0.39 is 0 Å². The fraction of sp³-hybridized carbons (Fsp3) is 0.188. The minimum Gasteiger partial charge on any atom is -0.399 e. The molecule has 0 fully saturated rings. The maximum atomic E-state index is 4.94. The lowest BCUT2D eigenvalue weighted by atomic mass is 10.0. The van der Waals surface area contributed by atoms with E-state index in [0.29, 0.717) is 0 Å². The van der Waals surface area contributed by atoms with Crippen molar-refractivity contribution in [3.8, 4) is 0 Å². The highest BCUT2D eigenvalue weighted by Gasteiger charge is 2.05. The number of aryl methyl sites for hydroxylation is 1. The molecule has 0 aliphatic rings. The van der Waals surface area contributed by atoms with E-state index in [1.165, 1.54) is 11.1 Å². The highest BCUT2D eigenvalue weighted by atomic mass is 16.6. The number of hydrogen-bond donors (Lipinski definition) is 0. The zero-order valence-electron chi connectivity index (χ0n) is 10.8. The number of rotatable bonds is 4. The summed E-state index contributed by atoms with van der Waals surface area (Å²) in [5.74, 6) is 0. The van der Waals surface area contributed by atoms with Crippen LogP contribution in [0.5, 0.6) is 0 Å². The Morgan fingerprint density at radius 3 is 2.28 bits per heavy atom. The number of oxime groups is 1. The van der Waals surface area contributed by atoms with Crippen LogP contribution in [-0.4, -0.2) is 12.8 Å². The van der Waals surface area contributed by atoms with Gasteiger partial charge in [-0.25, -0.2) is 0 Å². The van der Waals surface area contributed by atoms with Gasteiger partial charge < -0.3 is 4.84 Å². The zero-order valence-corrected chi connectivity index (χ0v) is 10.8. The third-order valence-corrected chi connectivity index (χ3v) is 2.80. The third kappa shape index (κ3) is 3.20. The van der Waals surface area contributed by atoms with Crippen LogP contribution in [0, 0.1) is 6.92 Å². The molecule has 0 saturated heterocycles. The predicted molar refractivity (Wildman–Crippen MR) is 74.9 cm³/mol. The van der Waals surface area contributed by atoms with Gasteiger partial charge in [-0.3, -0.25) is 0 Å². The average molecular weight is 239 g/mol. The summed E-state index contributed by atoms with van der Waals surface area (Å²) < 4.78 is 0. The molecule has 0 saturated carbocycles. The highest BCUT2D eigenvalue weighted by Crippen LogP contribution is 2.10. The molecule has 0 amide bonds. The molecule has 0 spiro atoms. The Bertz CT molecular complexity index is 515. The quantitative estimate of drug-likeness (QED) is 0.590. The highest BCUT2D eigenvalue weighted by molar-refractivity contribution is 6.01. The van der Waals surface area contributed by atoms with Crippen LogP contribution in [0.15, 0.2) is 59.8 Å². The molecule has 2 rings (SSSR count). The smallest absolute Gasteiger partial charge is 0.106 e. The summed E-state index contributed by atoms with van der Waals surface area (Å²) in [6.45, 7) is 2.09. The molecule has 2 heteroatoms. The fourth-order valence-corrected chi connectivity index (χ4v) is 1.83. The van der Waals surface area contributed by atoms with E-state index in [0.717, 1.165) is 17.7 Å². The molecule has 92 valence electrons. The Hall–Kier alpha value is -2.09. The van der Waals surface area contributed by atoms with Crippen molar-refractivity contribution >= 4 is 5.71 Å². The molecular formula is C16H17NO. The normalized spacial score (nSPS) is 11.3. The van der Waals surface area contributed by atoms with E-state index in [1.807, 2.05) is 30.3 Å². The minimum absolute atomic E-state index is 0.776. The lowest BCUT2D eigenvalue weighted by Gasteiger charge is -2.06. The molecule has 0 atom stereocenters. The van der Waals surface area contributed by atoms with Crippen LogP contribution < -0.4 is 0 Å². The van der Waals surface area contributed by atoms with Crippen LogP contribution in [0.3, 0.4) is 0 Å². The monoisotopic (exact) mass is 239 g/mol. The van der Waals surface area contributed by atoms with Crippen LogP contribution in [0.4, 0.5) is 0 Å². The van der Waals surface area contributed by atoms with Crippen LogP contribution in [-0.2, 0) is 11.3 Å². The van der Waals surface area contributed by atoms with Gasteiger partial charge in [-0.1, -0.05) is 65.3 Å². The molecule has 0 unspecified atom stereocenters. The maximum absolute atomic E-state index is 4.94. The largest absolute Gasteiger partial charge is 0.399 e. The zero-order chi connectivity index (χ0) is 12.8. The molecule has 2 aromatic rings. The van der Waals surface area contributed by atoms with Crippen LogP contribution in [0.25, 0.3) is 0 Å². The molecule has 2 nitrogen and oxygen atoms in total. The summed E-state index contributed by atoms with van der Waals surface area (Å²) in [5, 5.41) is 4.13. The first-order valence-corrected chi connectivity index (χ1v) is 6.00. The van der Waals surface area contributed by atoms with Crippen LogP contribution in [0.1, 0.15) is 16.7 Å². The van der Waals surface area contributed by atoms with Gasteiger partial charge in [0.1, 0.15) is 7.11 Å². The maximum Gasteiger partial charge on any atom is 0.106 e. The van der Waals surface area contributed by atoms with Crippen molar-refractivity contribution in [1.82, 2.24) is 0 Å². The van der Waals surface area contributed by atoms with Crippen molar-refractivity contribution < 1.29 is 4.84 Å². The molecule has 0 heterocycles. The van der Waals surface area contributed by atoms with Gasteiger partial charge in [0.05, 0.1) is 5.71 Å². The summed E-state index contributed by atoms with van der Waals surface area (Å²) in [5.41, 5.74) is 4.55. The Morgan fingerprint density at radius 1 is 1.00 bits per heavy atom. The van der Waals surface area contributed by atoms with E-state index in [4.69, 9.17) is 4.84 Å². The molecule has 0 aliphatic heterocycles. The molecule has 2 aromatic carbocycles. The second kappa shape index (κ2) is 6.01. The van der Waals surface area contributed by atoms with Gasteiger partial charge in [-0.2, -0.15) is 0 Å². The van der Waals surface area contributed by atoms with Crippen LogP contribution in [0.2, 0.25) is 0 Å². The van der Waals surface area contributed by atoms with E-state index in [-0.39, 0.29) is 0 Å². The van der Waals surface area contributed by atoms with Crippen molar-refractivity contribution in [2.24, 2.45) is 5.16 Å². The Morgan fingerprint density at radius 2 is 1.67 bits per heavy atom. The first-order valence-electron chi connectivity index (χ1n) is 6.00. The van der Waals surface area contributed by atoms with Gasteiger partial charge in [0.25, 0.3) is 0 Å². The van der Waals surface area contributed by atoms with Crippen LogP contribution >= 0.6 is 0 Å². The number of benzene rings is 2. The molecule has 0 bridgehead atoms. The van der Waals surface area contributed by atoms with Gasteiger partial charge >= 0.3 is 0 Å². The lowest BCUT2D eigenvalue weighted by molar-refractivity contribution is 0.213. The molecule has 18 heavy (non-hydrogen) atoms. The van der Waals surface area contributed by atoms with Gasteiger partial charge in [-0.15, -0.1) is 0 Å². The summed E-state index contributed by atoms with van der Waals surface area (Å²) in [6, 6.07) is 18.6. The Kier molecular flexibility index (Phi) is 4.13. The first kappa shape index (κ1) is 12.4. The number of hydrogen-bond acceptors (Lipinski definition) is 2. The SMILES string of the molecule is CO/N=C(\Cc1ccc(C)cc1)c1ccccc1. The molecule has 0 radical (unpaired) electrons. The second-order valence-electron chi connectivity index (χ2n) is 4.25. The molecule has 0 aliphatic carbocycles. The lowest BCUT2D eigenvalue weighted by Crippen LogP contribution is -2.05. The predicted octanol–water partition coefficient (Wildman–Crippen LogP) is 3.59. The van der Waals surface area contributed by atoms with Gasteiger partial charge in [0.2, 0.25) is 0 Å². The Balaban J connectivity index is 2.22. The summed E-state index contributed by atoms with van der Waals surface area (Å²) in [4.78, 5) is 4.94. The minimum atomic E-state index is 0.776. The third-order valence-electron chi connectivity index (χ3n) is 2.80. The standard InChI is InChI=1S/C16H17NO/c1-13-8-10-14(11-9-13)12-16(17-18-2)15-6-4-3-5-7-15/h3-11H,12H2,1-2H3/b17-16+. The molecular weight excluding hydrogens is 222 g/mol. The van der Waals surface area contributed by atoms with Crippen molar-refractivity contribution in [2.45, 2.75) is 13.3 Å². The van der Waals surface area contributed by atoms with Crippen molar-refractivity contribution in [3.63, 3.8) is 0 Å². The van der Waals surface area contributed by atoms with E-state index in [1.54, 1.807) is 7.11 Å². The van der Waals surface area contributed by atoms with Gasteiger partial charge in [0, 0.05) is 6.42 Å². The first-order chi connectivity index (χ1) is 8.79.